The van der Waals surface area contributed by atoms with E-state index in [9.17, 15) is 0 Å². The SMILES string of the molecule is CNC1(C)CC2CC3CC(C1)C32. The van der Waals surface area contributed by atoms with E-state index in [1.807, 2.05) is 0 Å². The minimum Gasteiger partial charge on any atom is -0.315 e. The van der Waals surface area contributed by atoms with Crippen molar-refractivity contribution in [1.82, 2.24) is 5.32 Å². The van der Waals surface area contributed by atoms with Crippen LogP contribution in [-0.4, -0.2) is 12.6 Å². The molecule has 1 N–H and O–H groups in total. The van der Waals surface area contributed by atoms with Crippen molar-refractivity contribution in [2.24, 2.45) is 23.7 Å². The summed E-state index contributed by atoms with van der Waals surface area (Å²) >= 11 is 0. The molecule has 3 saturated carbocycles. The third-order valence-electron chi connectivity index (χ3n) is 4.87. The van der Waals surface area contributed by atoms with Crippen molar-refractivity contribution in [2.75, 3.05) is 7.05 Å². The van der Waals surface area contributed by atoms with E-state index in [0.717, 1.165) is 11.8 Å². The zero-order chi connectivity index (χ0) is 8.34. The molecule has 1 heteroatoms. The summed E-state index contributed by atoms with van der Waals surface area (Å²) in [6.45, 7) is 2.41. The molecule has 0 heterocycles. The predicted molar refractivity (Wildman–Crippen MR) is 49.9 cm³/mol. The Balaban J connectivity index is 1.79. The van der Waals surface area contributed by atoms with Crippen LogP contribution in [0.1, 0.15) is 32.6 Å². The fourth-order valence-electron chi connectivity index (χ4n) is 4.15. The zero-order valence-electron chi connectivity index (χ0n) is 8.14. The van der Waals surface area contributed by atoms with Crippen molar-refractivity contribution in [1.29, 1.82) is 0 Å². The summed E-state index contributed by atoms with van der Waals surface area (Å²) in [5.74, 6) is 4.53. The Labute approximate surface area is 74.9 Å². The molecular weight excluding hydrogens is 146 g/mol. The summed E-state index contributed by atoms with van der Waals surface area (Å²) in [6.07, 6.45) is 6.00. The molecule has 12 heavy (non-hydrogen) atoms. The van der Waals surface area contributed by atoms with E-state index in [2.05, 4.69) is 19.3 Å². The molecule has 3 aliphatic rings. The molecule has 0 aromatic carbocycles. The largest absolute Gasteiger partial charge is 0.315 e. The van der Waals surface area contributed by atoms with Crippen LogP contribution in [0.2, 0.25) is 0 Å². The highest BCUT2D eigenvalue weighted by molar-refractivity contribution is 5.10. The van der Waals surface area contributed by atoms with Crippen molar-refractivity contribution in [2.45, 2.75) is 38.1 Å². The molecule has 3 rings (SSSR count). The zero-order valence-corrected chi connectivity index (χ0v) is 8.14. The van der Waals surface area contributed by atoms with E-state index >= 15 is 0 Å². The quantitative estimate of drug-likeness (QED) is 0.627. The van der Waals surface area contributed by atoms with E-state index in [1.165, 1.54) is 24.7 Å². The third kappa shape index (κ3) is 0.736. The van der Waals surface area contributed by atoms with Gasteiger partial charge in [-0.3, -0.25) is 0 Å². The summed E-state index contributed by atoms with van der Waals surface area (Å²) < 4.78 is 0. The highest BCUT2D eigenvalue weighted by Crippen LogP contribution is 2.65. The first kappa shape index (κ1) is 7.37. The molecule has 68 valence electrons. The van der Waals surface area contributed by atoms with E-state index in [-0.39, 0.29) is 0 Å². The Morgan fingerprint density at radius 3 is 2.08 bits per heavy atom. The molecule has 3 aliphatic carbocycles. The summed E-state index contributed by atoms with van der Waals surface area (Å²) in [4.78, 5) is 0. The average Bonchev–Trinajstić information content (AvgIpc) is 1.97. The fourth-order valence-corrected chi connectivity index (χ4v) is 4.15. The van der Waals surface area contributed by atoms with Gasteiger partial charge in [0.05, 0.1) is 0 Å². The van der Waals surface area contributed by atoms with E-state index < -0.39 is 0 Å². The van der Waals surface area contributed by atoms with Gasteiger partial charge in [0, 0.05) is 5.54 Å². The van der Waals surface area contributed by atoms with Gasteiger partial charge in [-0.2, -0.15) is 0 Å². The monoisotopic (exact) mass is 165 g/mol. The summed E-state index contributed by atoms with van der Waals surface area (Å²) in [7, 11) is 2.13. The summed E-state index contributed by atoms with van der Waals surface area (Å²) in [5.41, 5.74) is 0.483. The molecule has 0 aromatic rings. The number of rotatable bonds is 1. The third-order valence-corrected chi connectivity index (χ3v) is 4.87. The molecular formula is C11H19N. The number of nitrogens with one attached hydrogen (secondary N) is 1. The normalized spacial score (nSPS) is 61.5. The molecule has 3 fully saturated rings. The molecule has 2 atom stereocenters. The lowest BCUT2D eigenvalue weighted by Crippen LogP contribution is -2.62. The Morgan fingerprint density at radius 1 is 1.08 bits per heavy atom. The maximum absolute atomic E-state index is 3.52. The van der Waals surface area contributed by atoms with Crippen molar-refractivity contribution < 1.29 is 0 Å². The Bertz CT molecular complexity index is 195. The minimum absolute atomic E-state index is 0.483. The predicted octanol–water partition coefficient (Wildman–Crippen LogP) is 2.03. The van der Waals surface area contributed by atoms with Gasteiger partial charge < -0.3 is 5.32 Å². The van der Waals surface area contributed by atoms with Gasteiger partial charge in [-0.1, -0.05) is 0 Å². The van der Waals surface area contributed by atoms with Crippen LogP contribution >= 0.6 is 0 Å². The maximum atomic E-state index is 3.52. The Morgan fingerprint density at radius 2 is 1.67 bits per heavy atom. The standard InChI is InChI=1S/C11H19N/c1-11(12-2)5-8-3-7-4-9(6-11)10(7)8/h7-10,12H,3-6H2,1-2H3. The lowest BCUT2D eigenvalue weighted by atomic mass is 9.41. The molecule has 0 saturated heterocycles. The van der Waals surface area contributed by atoms with Gasteiger partial charge in [0.15, 0.2) is 0 Å². The van der Waals surface area contributed by atoms with Crippen molar-refractivity contribution in [3.05, 3.63) is 0 Å². The molecule has 2 unspecified atom stereocenters. The van der Waals surface area contributed by atoms with Gasteiger partial charge >= 0.3 is 0 Å². The first-order valence-electron chi connectivity index (χ1n) is 5.41. The second kappa shape index (κ2) is 2.06. The minimum atomic E-state index is 0.483. The van der Waals surface area contributed by atoms with Crippen LogP contribution in [0, 0.1) is 23.7 Å². The Kier molecular flexibility index (Phi) is 1.27. The molecule has 1 nitrogen and oxygen atoms in total. The van der Waals surface area contributed by atoms with E-state index in [4.69, 9.17) is 0 Å². The van der Waals surface area contributed by atoms with Crippen LogP contribution in [0.3, 0.4) is 0 Å². The smallest absolute Gasteiger partial charge is 0.0155 e. The van der Waals surface area contributed by atoms with Crippen molar-refractivity contribution >= 4 is 0 Å². The lowest BCUT2D eigenvalue weighted by molar-refractivity contribution is -0.144. The topological polar surface area (TPSA) is 12.0 Å². The second-order valence-electron chi connectivity index (χ2n) is 5.55. The first-order chi connectivity index (χ1) is 5.72. The highest BCUT2D eigenvalue weighted by atomic mass is 14.9. The maximum Gasteiger partial charge on any atom is 0.0155 e. The molecule has 0 amide bonds. The van der Waals surface area contributed by atoms with Gasteiger partial charge in [0.2, 0.25) is 0 Å². The molecule has 0 radical (unpaired) electrons. The van der Waals surface area contributed by atoms with E-state index in [0.29, 0.717) is 5.54 Å². The Hall–Kier alpha value is -0.0400. The number of hydrogen-bond donors (Lipinski definition) is 1. The fraction of sp³-hybridized carbons (Fsp3) is 1.00. The molecule has 0 aromatic heterocycles. The van der Waals surface area contributed by atoms with Gasteiger partial charge in [-0.25, -0.2) is 0 Å². The highest BCUT2D eigenvalue weighted by Gasteiger charge is 2.58. The van der Waals surface area contributed by atoms with Gasteiger partial charge in [0.25, 0.3) is 0 Å². The molecule has 0 aliphatic heterocycles. The molecule has 0 spiro atoms. The van der Waals surface area contributed by atoms with Crippen LogP contribution in [0.4, 0.5) is 0 Å². The van der Waals surface area contributed by atoms with Crippen LogP contribution in [0.15, 0.2) is 0 Å². The lowest BCUT2D eigenvalue weighted by Gasteiger charge is -2.65. The van der Waals surface area contributed by atoms with Gasteiger partial charge in [-0.15, -0.1) is 0 Å². The van der Waals surface area contributed by atoms with Gasteiger partial charge in [-0.05, 0) is 63.3 Å². The van der Waals surface area contributed by atoms with Crippen LogP contribution < -0.4 is 5.32 Å². The summed E-state index contributed by atoms with van der Waals surface area (Å²) in [6, 6.07) is 0. The van der Waals surface area contributed by atoms with Crippen LogP contribution in [0.25, 0.3) is 0 Å². The summed E-state index contributed by atoms with van der Waals surface area (Å²) in [5, 5.41) is 3.52. The van der Waals surface area contributed by atoms with Crippen molar-refractivity contribution in [3.63, 3.8) is 0 Å². The van der Waals surface area contributed by atoms with Crippen molar-refractivity contribution in [3.8, 4) is 0 Å². The van der Waals surface area contributed by atoms with Gasteiger partial charge in [0.1, 0.15) is 0 Å². The average molecular weight is 165 g/mol. The number of hydrogen-bond acceptors (Lipinski definition) is 1. The van der Waals surface area contributed by atoms with E-state index in [1.54, 1.807) is 12.8 Å². The van der Waals surface area contributed by atoms with Crippen LogP contribution in [0.5, 0.6) is 0 Å². The van der Waals surface area contributed by atoms with Crippen LogP contribution in [-0.2, 0) is 0 Å². The first-order valence-corrected chi connectivity index (χ1v) is 5.41. The molecule has 0 bridgehead atoms. The second-order valence-corrected chi connectivity index (χ2v) is 5.55.